The minimum atomic E-state index is -1.80. The first kappa shape index (κ1) is 20.7. The normalized spacial score (nSPS) is 13.2. The Kier molecular flexibility index (Phi) is 6.33. The fourth-order valence-electron chi connectivity index (χ4n) is 2.40. The van der Waals surface area contributed by atoms with Crippen LogP contribution in [0.3, 0.4) is 0 Å². The van der Waals surface area contributed by atoms with Gasteiger partial charge in [0, 0.05) is 10.2 Å². The summed E-state index contributed by atoms with van der Waals surface area (Å²) in [6.45, 7) is 13.4. The molecule has 5 heteroatoms. The highest BCUT2D eigenvalue weighted by Gasteiger charge is 2.38. The summed E-state index contributed by atoms with van der Waals surface area (Å²) in [7, 11) is -1.80. The Balaban J connectivity index is 2.14. The summed E-state index contributed by atoms with van der Waals surface area (Å²) in [6, 6.07) is 16.0. The molecule has 0 aliphatic heterocycles. The van der Waals surface area contributed by atoms with Crippen LogP contribution >= 0.6 is 15.9 Å². The van der Waals surface area contributed by atoms with Crippen molar-refractivity contribution in [1.29, 1.82) is 5.26 Å². The van der Waals surface area contributed by atoms with E-state index in [1.807, 2.05) is 24.3 Å². The number of nitrogens with zero attached hydrogens (tertiary/aromatic N) is 1. The van der Waals surface area contributed by atoms with Crippen LogP contribution in [0, 0.1) is 11.3 Å². The van der Waals surface area contributed by atoms with Crippen molar-refractivity contribution < 1.29 is 4.43 Å². The third-order valence-electron chi connectivity index (χ3n) is 5.04. The topological polar surface area (TPSA) is 45.0 Å². The van der Waals surface area contributed by atoms with E-state index in [1.165, 1.54) is 0 Å². The Morgan fingerprint density at radius 1 is 1.12 bits per heavy atom. The van der Waals surface area contributed by atoms with Crippen molar-refractivity contribution in [3.05, 3.63) is 58.1 Å². The summed E-state index contributed by atoms with van der Waals surface area (Å²) >= 11 is 3.45. The van der Waals surface area contributed by atoms with Crippen molar-refractivity contribution in [3.8, 4) is 6.07 Å². The average Bonchev–Trinajstić information content (AvgIpc) is 2.54. The van der Waals surface area contributed by atoms with Crippen molar-refractivity contribution in [2.75, 3.05) is 5.32 Å². The summed E-state index contributed by atoms with van der Waals surface area (Å²) in [4.78, 5) is 0. The molecule has 2 rings (SSSR count). The second-order valence-corrected chi connectivity index (χ2v) is 13.7. The molecule has 0 aliphatic carbocycles. The van der Waals surface area contributed by atoms with Gasteiger partial charge in [-0.15, -0.1) is 0 Å². The molecule has 0 bridgehead atoms. The van der Waals surface area contributed by atoms with Crippen LogP contribution in [-0.4, -0.2) is 8.32 Å². The van der Waals surface area contributed by atoms with Crippen LogP contribution in [0.2, 0.25) is 18.1 Å². The minimum Gasteiger partial charge on any atom is -0.410 e. The molecule has 0 saturated carbocycles. The van der Waals surface area contributed by atoms with Crippen LogP contribution in [0.4, 0.5) is 11.4 Å². The van der Waals surface area contributed by atoms with Gasteiger partial charge in [-0.25, -0.2) is 0 Å². The first-order valence-corrected chi connectivity index (χ1v) is 12.5. The number of nitrogens with one attached hydrogen (secondary N) is 1. The summed E-state index contributed by atoms with van der Waals surface area (Å²) < 4.78 is 7.40. The van der Waals surface area contributed by atoms with Crippen molar-refractivity contribution in [2.24, 2.45) is 0 Å². The zero-order chi connectivity index (χ0) is 19.5. The number of anilines is 2. The van der Waals surface area contributed by atoms with E-state index in [0.29, 0.717) is 5.56 Å². The third-order valence-corrected chi connectivity index (χ3v) is 10.1. The molecule has 1 unspecified atom stereocenters. The first-order valence-electron chi connectivity index (χ1n) is 8.78. The van der Waals surface area contributed by atoms with Crippen LogP contribution in [0.25, 0.3) is 0 Å². The molecule has 0 aliphatic rings. The van der Waals surface area contributed by atoms with E-state index in [4.69, 9.17) is 4.43 Å². The van der Waals surface area contributed by atoms with Gasteiger partial charge in [0.15, 0.2) is 8.32 Å². The zero-order valence-electron chi connectivity index (χ0n) is 16.4. The third kappa shape index (κ3) is 4.97. The maximum Gasteiger partial charge on any atom is 0.192 e. The Morgan fingerprint density at radius 2 is 1.73 bits per heavy atom. The van der Waals surface area contributed by atoms with Gasteiger partial charge in [0.05, 0.1) is 17.4 Å². The van der Waals surface area contributed by atoms with Gasteiger partial charge in [0.1, 0.15) is 6.07 Å². The van der Waals surface area contributed by atoms with Crippen LogP contribution in [0.15, 0.2) is 46.9 Å². The smallest absolute Gasteiger partial charge is 0.192 e. The van der Waals surface area contributed by atoms with Gasteiger partial charge < -0.3 is 9.74 Å². The van der Waals surface area contributed by atoms with Gasteiger partial charge >= 0.3 is 0 Å². The maximum absolute atomic E-state index is 9.26. The highest BCUT2D eigenvalue weighted by atomic mass is 79.9. The Hall–Kier alpha value is -1.61. The molecule has 0 saturated heterocycles. The Morgan fingerprint density at radius 3 is 2.27 bits per heavy atom. The van der Waals surface area contributed by atoms with E-state index < -0.39 is 8.32 Å². The van der Waals surface area contributed by atoms with E-state index >= 15 is 0 Å². The van der Waals surface area contributed by atoms with E-state index in [9.17, 15) is 5.26 Å². The van der Waals surface area contributed by atoms with Gasteiger partial charge in [-0.2, -0.15) is 5.26 Å². The van der Waals surface area contributed by atoms with Crippen molar-refractivity contribution >= 4 is 35.6 Å². The van der Waals surface area contributed by atoms with Gasteiger partial charge in [0.2, 0.25) is 0 Å². The Bertz CT molecular complexity index is 804. The van der Waals surface area contributed by atoms with Crippen molar-refractivity contribution in [2.45, 2.75) is 51.9 Å². The number of hydrogen-bond acceptors (Lipinski definition) is 3. The first-order chi connectivity index (χ1) is 12.0. The number of hydrogen-bond donors (Lipinski definition) is 1. The summed E-state index contributed by atoms with van der Waals surface area (Å²) in [5.41, 5.74) is 3.52. The molecule has 2 aromatic carbocycles. The fraction of sp³-hybridized carbons (Fsp3) is 0.381. The van der Waals surface area contributed by atoms with Crippen LogP contribution in [0.1, 0.15) is 44.9 Å². The van der Waals surface area contributed by atoms with E-state index in [-0.39, 0.29) is 11.1 Å². The lowest BCUT2D eigenvalue weighted by atomic mass is 10.1. The number of benzene rings is 2. The van der Waals surface area contributed by atoms with E-state index in [0.717, 1.165) is 21.4 Å². The van der Waals surface area contributed by atoms with Gasteiger partial charge in [-0.3, -0.25) is 0 Å². The van der Waals surface area contributed by atoms with E-state index in [1.54, 1.807) is 6.07 Å². The largest absolute Gasteiger partial charge is 0.410 e. The summed E-state index contributed by atoms with van der Waals surface area (Å²) in [6.07, 6.45) is 0.0606. The van der Waals surface area contributed by atoms with Gasteiger partial charge in [-0.1, -0.05) is 48.8 Å². The van der Waals surface area contributed by atoms with Crippen molar-refractivity contribution in [3.63, 3.8) is 0 Å². The zero-order valence-corrected chi connectivity index (χ0v) is 18.9. The molecular weight excluding hydrogens is 404 g/mol. The molecule has 0 amide bonds. The van der Waals surface area contributed by atoms with Crippen LogP contribution in [-0.2, 0) is 4.43 Å². The van der Waals surface area contributed by atoms with Crippen LogP contribution in [0.5, 0.6) is 0 Å². The molecule has 138 valence electrons. The monoisotopic (exact) mass is 430 g/mol. The summed E-state index contributed by atoms with van der Waals surface area (Å²) in [5, 5.41) is 12.8. The standard InChI is InChI=1S/C21H27BrN2OSi/c1-15(25-26(5,6)21(2,3)4)16-8-11-19(12-9-16)24-20-13-18(22)10-7-17(20)14-23/h7-13,15,24H,1-6H3. The number of rotatable bonds is 5. The highest BCUT2D eigenvalue weighted by Crippen LogP contribution is 2.39. The molecule has 0 fully saturated rings. The number of halogens is 1. The predicted molar refractivity (Wildman–Crippen MR) is 115 cm³/mol. The SMILES string of the molecule is CC(O[Si](C)(C)C(C)(C)C)c1ccc(Nc2cc(Br)ccc2C#N)cc1. The summed E-state index contributed by atoms with van der Waals surface area (Å²) in [5.74, 6) is 0. The van der Waals surface area contributed by atoms with E-state index in [2.05, 4.69) is 80.2 Å². The second-order valence-electron chi connectivity index (χ2n) is 8.07. The molecule has 1 N–H and O–H groups in total. The molecular formula is C21H27BrN2OSi. The molecule has 0 aromatic heterocycles. The number of nitriles is 1. The molecule has 0 radical (unpaired) electrons. The minimum absolute atomic E-state index is 0.0606. The average molecular weight is 431 g/mol. The lowest BCUT2D eigenvalue weighted by molar-refractivity contribution is 0.203. The highest BCUT2D eigenvalue weighted by molar-refractivity contribution is 9.10. The quantitative estimate of drug-likeness (QED) is 0.512. The van der Waals surface area contributed by atoms with Gasteiger partial charge in [-0.05, 0) is 61.0 Å². The van der Waals surface area contributed by atoms with Gasteiger partial charge in [0.25, 0.3) is 0 Å². The van der Waals surface area contributed by atoms with Crippen molar-refractivity contribution in [1.82, 2.24) is 0 Å². The molecule has 2 aromatic rings. The lowest BCUT2D eigenvalue weighted by Crippen LogP contribution is -2.41. The van der Waals surface area contributed by atoms with Crippen LogP contribution < -0.4 is 5.32 Å². The Labute approximate surface area is 166 Å². The molecule has 26 heavy (non-hydrogen) atoms. The molecule has 0 heterocycles. The lowest BCUT2D eigenvalue weighted by Gasteiger charge is -2.38. The fourth-order valence-corrected chi connectivity index (χ4v) is 4.13. The maximum atomic E-state index is 9.26. The second kappa shape index (κ2) is 7.95. The predicted octanol–water partition coefficient (Wildman–Crippen LogP) is 7.15. The molecule has 3 nitrogen and oxygen atoms in total. The molecule has 0 spiro atoms. The molecule has 1 atom stereocenters.